The van der Waals surface area contributed by atoms with Gasteiger partial charge in [0.15, 0.2) is 6.10 Å². The standard InChI is InChI=1S/C42H78O6/c1-4-7-10-13-16-19-20-21-24-26-29-32-35-41(44)47-38-39(48-42(45)36-33-30-27-23-18-15-12-9-6-3)37-46-40(43)34-31-28-25-22-17-14-11-8-5-2/h16,19,39H,4-15,17-18,20-38H2,1-3H3/b19-16-. The minimum absolute atomic E-state index is 0.0694. The second-order valence-corrected chi connectivity index (χ2v) is 13.9. The summed E-state index contributed by atoms with van der Waals surface area (Å²) in [5, 5.41) is 0. The van der Waals surface area contributed by atoms with Crippen LogP contribution in [0.3, 0.4) is 0 Å². The first-order chi connectivity index (χ1) is 23.5. The summed E-state index contributed by atoms with van der Waals surface area (Å²) < 4.78 is 16.6. The van der Waals surface area contributed by atoms with Crippen LogP contribution in [0.15, 0.2) is 12.2 Å². The second-order valence-electron chi connectivity index (χ2n) is 13.9. The van der Waals surface area contributed by atoms with E-state index in [2.05, 4.69) is 32.9 Å². The van der Waals surface area contributed by atoms with Gasteiger partial charge in [-0.25, -0.2) is 0 Å². The van der Waals surface area contributed by atoms with Crippen molar-refractivity contribution < 1.29 is 28.6 Å². The molecule has 0 aliphatic rings. The molecule has 1 unspecified atom stereocenters. The normalized spacial score (nSPS) is 12.0. The number of carbonyl (C=O) groups excluding carboxylic acids is 3. The topological polar surface area (TPSA) is 78.9 Å². The predicted molar refractivity (Wildman–Crippen MR) is 201 cm³/mol. The zero-order valence-corrected chi connectivity index (χ0v) is 32.0. The molecule has 0 N–H and O–H groups in total. The molecular formula is C42H78O6. The lowest BCUT2D eigenvalue weighted by atomic mass is 10.1. The minimum atomic E-state index is -0.762. The van der Waals surface area contributed by atoms with Crippen LogP contribution >= 0.6 is 0 Å². The van der Waals surface area contributed by atoms with Crippen molar-refractivity contribution in [2.75, 3.05) is 13.2 Å². The molecule has 0 aromatic heterocycles. The Morgan fingerprint density at radius 1 is 0.396 bits per heavy atom. The van der Waals surface area contributed by atoms with Gasteiger partial charge < -0.3 is 14.2 Å². The van der Waals surface area contributed by atoms with E-state index in [1.807, 2.05) is 0 Å². The van der Waals surface area contributed by atoms with Gasteiger partial charge in [-0.2, -0.15) is 0 Å². The molecule has 6 heteroatoms. The predicted octanol–water partition coefficient (Wildman–Crippen LogP) is 12.7. The highest BCUT2D eigenvalue weighted by Gasteiger charge is 2.19. The van der Waals surface area contributed by atoms with Crippen LogP contribution in [0.2, 0.25) is 0 Å². The van der Waals surface area contributed by atoms with E-state index in [9.17, 15) is 14.4 Å². The zero-order valence-electron chi connectivity index (χ0n) is 32.0. The first kappa shape index (κ1) is 46.1. The molecule has 0 bridgehead atoms. The fraction of sp³-hybridized carbons (Fsp3) is 0.881. The molecule has 282 valence electrons. The third-order valence-electron chi connectivity index (χ3n) is 9.02. The number of esters is 3. The summed E-state index contributed by atoms with van der Waals surface area (Å²) in [5.74, 6) is -0.882. The molecule has 6 nitrogen and oxygen atoms in total. The van der Waals surface area contributed by atoms with Gasteiger partial charge >= 0.3 is 17.9 Å². The lowest BCUT2D eigenvalue weighted by Crippen LogP contribution is -2.30. The molecule has 0 spiro atoms. The van der Waals surface area contributed by atoms with E-state index < -0.39 is 6.10 Å². The zero-order chi connectivity index (χ0) is 35.2. The highest BCUT2D eigenvalue weighted by atomic mass is 16.6. The lowest BCUT2D eigenvalue weighted by Gasteiger charge is -2.18. The Kier molecular flexibility index (Phi) is 36.5. The Morgan fingerprint density at radius 2 is 0.688 bits per heavy atom. The minimum Gasteiger partial charge on any atom is -0.462 e. The number of carbonyl (C=O) groups is 3. The molecular weight excluding hydrogens is 600 g/mol. The molecule has 0 heterocycles. The number of rotatable bonds is 37. The van der Waals surface area contributed by atoms with Crippen LogP contribution in [0.1, 0.15) is 220 Å². The van der Waals surface area contributed by atoms with Gasteiger partial charge in [-0.3, -0.25) is 14.4 Å². The van der Waals surface area contributed by atoms with Crippen LogP contribution in [-0.4, -0.2) is 37.2 Å². The van der Waals surface area contributed by atoms with Crippen LogP contribution < -0.4 is 0 Å². The monoisotopic (exact) mass is 679 g/mol. The fourth-order valence-electron chi connectivity index (χ4n) is 5.85. The van der Waals surface area contributed by atoms with Crippen molar-refractivity contribution in [2.24, 2.45) is 0 Å². The van der Waals surface area contributed by atoms with Gasteiger partial charge in [-0.1, -0.05) is 168 Å². The molecule has 0 saturated carbocycles. The Hall–Kier alpha value is -1.85. The fourth-order valence-corrected chi connectivity index (χ4v) is 5.85. The number of ether oxygens (including phenoxy) is 3. The maximum atomic E-state index is 12.6. The van der Waals surface area contributed by atoms with Crippen molar-refractivity contribution in [3.63, 3.8) is 0 Å². The van der Waals surface area contributed by atoms with E-state index in [0.29, 0.717) is 19.3 Å². The molecule has 48 heavy (non-hydrogen) atoms. The van der Waals surface area contributed by atoms with Gasteiger partial charge in [0, 0.05) is 19.3 Å². The van der Waals surface area contributed by atoms with E-state index in [1.165, 1.54) is 116 Å². The maximum absolute atomic E-state index is 12.6. The SMILES string of the molecule is CCCCC/C=C\CCCCCCCC(=O)OCC(COC(=O)CCCCCCCCCCC)OC(=O)CCCCCCCCCCC. The molecule has 0 saturated heterocycles. The second kappa shape index (κ2) is 38.0. The highest BCUT2D eigenvalue weighted by Crippen LogP contribution is 2.14. The first-order valence-electron chi connectivity index (χ1n) is 20.7. The van der Waals surface area contributed by atoms with Gasteiger partial charge in [-0.15, -0.1) is 0 Å². The van der Waals surface area contributed by atoms with Gasteiger partial charge in [0.2, 0.25) is 0 Å². The van der Waals surface area contributed by atoms with E-state index >= 15 is 0 Å². The quantitative estimate of drug-likeness (QED) is 0.0282. The maximum Gasteiger partial charge on any atom is 0.306 e. The highest BCUT2D eigenvalue weighted by molar-refractivity contribution is 5.71. The molecule has 0 aliphatic carbocycles. The van der Waals surface area contributed by atoms with Crippen molar-refractivity contribution in [1.82, 2.24) is 0 Å². The summed E-state index contributed by atoms with van der Waals surface area (Å²) in [4.78, 5) is 37.4. The van der Waals surface area contributed by atoms with Crippen LogP contribution in [-0.2, 0) is 28.6 Å². The Labute approximate surface area is 297 Å². The van der Waals surface area contributed by atoms with Crippen LogP contribution in [0, 0.1) is 0 Å². The van der Waals surface area contributed by atoms with Gasteiger partial charge in [0.1, 0.15) is 13.2 Å². The Bertz CT molecular complexity index is 748. The van der Waals surface area contributed by atoms with Gasteiger partial charge in [0.05, 0.1) is 0 Å². The van der Waals surface area contributed by atoms with Crippen molar-refractivity contribution in [3.8, 4) is 0 Å². The summed E-state index contributed by atoms with van der Waals surface area (Å²) in [5.41, 5.74) is 0. The third kappa shape index (κ3) is 35.5. The summed E-state index contributed by atoms with van der Waals surface area (Å²) in [6.07, 6.45) is 37.6. The molecule has 1 atom stereocenters. The van der Waals surface area contributed by atoms with E-state index in [1.54, 1.807) is 0 Å². The van der Waals surface area contributed by atoms with Crippen molar-refractivity contribution >= 4 is 17.9 Å². The lowest BCUT2D eigenvalue weighted by molar-refractivity contribution is -0.167. The van der Waals surface area contributed by atoms with Crippen LogP contribution in [0.25, 0.3) is 0 Å². The number of hydrogen-bond acceptors (Lipinski definition) is 6. The van der Waals surface area contributed by atoms with Gasteiger partial charge in [-0.05, 0) is 44.9 Å². The molecule has 0 aromatic carbocycles. The molecule has 0 aromatic rings. The average molecular weight is 679 g/mol. The van der Waals surface area contributed by atoms with Crippen molar-refractivity contribution in [1.29, 1.82) is 0 Å². The molecule has 0 amide bonds. The number of hydrogen-bond donors (Lipinski definition) is 0. The van der Waals surface area contributed by atoms with E-state index in [4.69, 9.17) is 14.2 Å². The van der Waals surface area contributed by atoms with Crippen molar-refractivity contribution in [3.05, 3.63) is 12.2 Å². The summed E-state index contributed by atoms with van der Waals surface area (Å²) in [6.45, 7) is 6.56. The molecule has 0 rings (SSSR count). The Balaban J connectivity index is 4.34. The molecule has 0 aliphatic heterocycles. The number of allylic oxidation sites excluding steroid dienone is 2. The molecule has 0 fully saturated rings. The molecule has 0 radical (unpaired) electrons. The first-order valence-corrected chi connectivity index (χ1v) is 20.7. The van der Waals surface area contributed by atoms with Crippen LogP contribution in [0.4, 0.5) is 0 Å². The Morgan fingerprint density at radius 3 is 1.08 bits per heavy atom. The summed E-state index contributed by atoms with van der Waals surface area (Å²) in [6, 6.07) is 0. The van der Waals surface area contributed by atoms with Crippen molar-refractivity contribution in [2.45, 2.75) is 226 Å². The third-order valence-corrected chi connectivity index (χ3v) is 9.02. The van der Waals surface area contributed by atoms with Gasteiger partial charge in [0.25, 0.3) is 0 Å². The summed E-state index contributed by atoms with van der Waals surface area (Å²) >= 11 is 0. The smallest absolute Gasteiger partial charge is 0.306 e. The van der Waals surface area contributed by atoms with E-state index in [-0.39, 0.29) is 31.1 Å². The average Bonchev–Trinajstić information content (AvgIpc) is 3.08. The summed E-state index contributed by atoms with van der Waals surface area (Å²) in [7, 11) is 0. The largest absolute Gasteiger partial charge is 0.462 e. The number of unbranched alkanes of at least 4 members (excludes halogenated alkanes) is 24. The van der Waals surface area contributed by atoms with E-state index in [0.717, 1.165) is 64.2 Å². The van der Waals surface area contributed by atoms with Crippen LogP contribution in [0.5, 0.6) is 0 Å².